The maximum absolute atomic E-state index is 12.2. The van der Waals surface area contributed by atoms with Crippen molar-refractivity contribution in [1.29, 1.82) is 0 Å². The summed E-state index contributed by atoms with van der Waals surface area (Å²) in [5.41, 5.74) is -0.520. The second-order valence-electron chi connectivity index (χ2n) is 5.18. The monoisotopic (exact) mass is 312 g/mol. The highest BCUT2D eigenvalue weighted by atomic mass is 35.5. The van der Waals surface area contributed by atoms with Gasteiger partial charge in [-0.3, -0.25) is 10.1 Å². The maximum Gasteiger partial charge on any atom is 0.345 e. The fraction of sp³-hybridized carbons (Fsp3) is 0.571. The van der Waals surface area contributed by atoms with Crippen molar-refractivity contribution in [2.45, 2.75) is 45.1 Å². The first kappa shape index (κ1) is 15.7. The molecule has 1 saturated carbocycles. The largest absolute Gasteiger partial charge is 0.458 e. The van der Waals surface area contributed by atoms with E-state index in [2.05, 4.69) is 11.9 Å². The van der Waals surface area contributed by atoms with Crippen molar-refractivity contribution in [2.75, 3.05) is 0 Å². The molecule has 2 unspecified atom stereocenters. The van der Waals surface area contributed by atoms with Crippen LogP contribution in [0.15, 0.2) is 12.3 Å². The van der Waals surface area contributed by atoms with Crippen LogP contribution >= 0.6 is 11.6 Å². The van der Waals surface area contributed by atoms with E-state index >= 15 is 0 Å². The van der Waals surface area contributed by atoms with Crippen LogP contribution in [0.25, 0.3) is 0 Å². The molecule has 114 valence electrons. The first-order chi connectivity index (χ1) is 10.0. The lowest BCUT2D eigenvalue weighted by Gasteiger charge is -2.30. The van der Waals surface area contributed by atoms with Crippen LogP contribution in [-0.2, 0) is 4.74 Å². The molecule has 21 heavy (non-hydrogen) atoms. The van der Waals surface area contributed by atoms with Crippen molar-refractivity contribution in [3.63, 3.8) is 0 Å². The Kier molecular flexibility index (Phi) is 5.12. The van der Waals surface area contributed by atoms with Gasteiger partial charge >= 0.3 is 11.7 Å². The zero-order valence-electron chi connectivity index (χ0n) is 11.8. The number of ether oxygens (including phenoxy) is 1. The zero-order chi connectivity index (χ0) is 15.4. The van der Waals surface area contributed by atoms with Gasteiger partial charge in [0, 0.05) is 0 Å². The van der Waals surface area contributed by atoms with Gasteiger partial charge < -0.3 is 4.74 Å². The molecule has 0 radical (unpaired) electrons. The number of halogens is 1. The Balaban J connectivity index is 2.19. The molecule has 2 rings (SSSR count). The molecule has 0 bridgehead atoms. The summed E-state index contributed by atoms with van der Waals surface area (Å²) in [7, 11) is 0. The smallest absolute Gasteiger partial charge is 0.345 e. The Hall–Kier alpha value is -1.69. The Morgan fingerprint density at radius 2 is 2.24 bits per heavy atom. The predicted molar refractivity (Wildman–Crippen MR) is 77.4 cm³/mol. The van der Waals surface area contributed by atoms with E-state index in [1.54, 1.807) is 0 Å². The van der Waals surface area contributed by atoms with Crippen molar-refractivity contribution in [2.24, 2.45) is 5.92 Å². The molecule has 6 nitrogen and oxygen atoms in total. The van der Waals surface area contributed by atoms with Gasteiger partial charge in [0.15, 0.2) is 0 Å². The van der Waals surface area contributed by atoms with Crippen LogP contribution in [0, 0.1) is 16.0 Å². The molecule has 0 aliphatic heterocycles. The van der Waals surface area contributed by atoms with Crippen LogP contribution < -0.4 is 0 Å². The first-order valence-corrected chi connectivity index (χ1v) is 7.41. The highest BCUT2D eigenvalue weighted by Crippen LogP contribution is 2.31. The SMILES string of the molecule is CCC1CCCCC1OC(=O)c1cc(Cl)ncc1[N+](=O)[O-]. The molecule has 1 aromatic heterocycles. The number of pyridine rings is 1. The van der Waals surface area contributed by atoms with E-state index in [9.17, 15) is 14.9 Å². The number of carbonyl (C=O) groups is 1. The van der Waals surface area contributed by atoms with Crippen molar-refractivity contribution in [1.82, 2.24) is 4.98 Å². The number of rotatable bonds is 4. The number of carbonyl (C=O) groups excluding carboxylic acids is 1. The quantitative estimate of drug-likeness (QED) is 0.366. The number of nitrogens with zero attached hydrogens (tertiary/aromatic N) is 2. The fourth-order valence-corrected chi connectivity index (χ4v) is 2.89. The molecule has 1 heterocycles. The molecular weight excluding hydrogens is 296 g/mol. The second kappa shape index (κ2) is 6.85. The topological polar surface area (TPSA) is 82.3 Å². The highest BCUT2D eigenvalue weighted by Gasteiger charge is 2.30. The van der Waals surface area contributed by atoms with Gasteiger partial charge in [-0.05, 0) is 37.7 Å². The predicted octanol–water partition coefficient (Wildman–Crippen LogP) is 3.77. The van der Waals surface area contributed by atoms with Crippen LogP contribution in [0.3, 0.4) is 0 Å². The van der Waals surface area contributed by atoms with Crippen LogP contribution in [-0.4, -0.2) is 22.0 Å². The molecule has 1 aliphatic carbocycles. The minimum absolute atomic E-state index is 0.0308. The van der Waals surface area contributed by atoms with Crippen molar-refractivity contribution >= 4 is 23.3 Å². The summed E-state index contributed by atoms with van der Waals surface area (Å²) in [6, 6.07) is 1.19. The van der Waals surface area contributed by atoms with Crippen molar-refractivity contribution < 1.29 is 14.5 Å². The third kappa shape index (κ3) is 3.69. The molecule has 1 aliphatic rings. The molecule has 0 spiro atoms. The van der Waals surface area contributed by atoms with E-state index in [1.165, 1.54) is 6.07 Å². The van der Waals surface area contributed by atoms with Gasteiger partial charge in [0.05, 0.1) is 4.92 Å². The molecule has 0 amide bonds. The molecular formula is C14H17ClN2O4. The first-order valence-electron chi connectivity index (χ1n) is 7.03. The normalized spacial score (nSPS) is 21.8. The second-order valence-corrected chi connectivity index (χ2v) is 5.57. The van der Waals surface area contributed by atoms with E-state index in [1.807, 2.05) is 0 Å². The number of hydrogen-bond acceptors (Lipinski definition) is 5. The lowest BCUT2D eigenvalue weighted by Crippen LogP contribution is -2.30. The summed E-state index contributed by atoms with van der Waals surface area (Å²) < 4.78 is 5.50. The van der Waals surface area contributed by atoms with Gasteiger partial charge in [0.25, 0.3) is 0 Å². The summed E-state index contributed by atoms with van der Waals surface area (Å²) in [6.45, 7) is 2.06. The van der Waals surface area contributed by atoms with Gasteiger partial charge in [0.1, 0.15) is 23.0 Å². The molecule has 1 aromatic rings. The van der Waals surface area contributed by atoms with E-state index in [-0.39, 0.29) is 22.5 Å². The Bertz CT molecular complexity index is 550. The molecule has 2 atom stereocenters. The number of hydrogen-bond donors (Lipinski definition) is 0. The standard InChI is InChI=1S/C14H17ClN2O4/c1-2-9-5-3-4-6-12(9)21-14(18)10-7-13(15)16-8-11(10)17(19)20/h7-9,12H,2-6H2,1H3. The summed E-state index contributed by atoms with van der Waals surface area (Å²) in [4.78, 5) is 26.2. The molecule has 0 aromatic carbocycles. The average Bonchev–Trinajstić information content (AvgIpc) is 2.47. The molecule has 0 N–H and O–H groups in total. The lowest BCUT2D eigenvalue weighted by atomic mass is 9.85. The highest BCUT2D eigenvalue weighted by molar-refractivity contribution is 6.29. The fourth-order valence-electron chi connectivity index (χ4n) is 2.73. The van der Waals surface area contributed by atoms with Crippen LogP contribution in [0.4, 0.5) is 5.69 Å². The van der Waals surface area contributed by atoms with E-state index in [0.717, 1.165) is 38.3 Å². The van der Waals surface area contributed by atoms with Gasteiger partial charge in [-0.15, -0.1) is 0 Å². The van der Waals surface area contributed by atoms with Gasteiger partial charge in [-0.1, -0.05) is 24.9 Å². The average molecular weight is 313 g/mol. The van der Waals surface area contributed by atoms with Gasteiger partial charge in [-0.25, -0.2) is 9.78 Å². The summed E-state index contributed by atoms with van der Waals surface area (Å²) in [5, 5.41) is 11.0. The third-order valence-electron chi connectivity index (χ3n) is 3.89. The lowest BCUT2D eigenvalue weighted by molar-refractivity contribution is -0.385. The van der Waals surface area contributed by atoms with E-state index in [0.29, 0.717) is 5.92 Å². The van der Waals surface area contributed by atoms with E-state index < -0.39 is 10.9 Å². The summed E-state index contributed by atoms with van der Waals surface area (Å²) in [5.74, 6) is -0.379. The maximum atomic E-state index is 12.2. The zero-order valence-corrected chi connectivity index (χ0v) is 12.5. The van der Waals surface area contributed by atoms with Crippen LogP contribution in [0.5, 0.6) is 0 Å². The molecule has 1 fully saturated rings. The van der Waals surface area contributed by atoms with Crippen LogP contribution in [0.1, 0.15) is 49.4 Å². The molecule has 0 saturated heterocycles. The van der Waals surface area contributed by atoms with E-state index in [4.69, 9.17) is 16.3 Å². The Morgan fingerprint density at radius 3 is 2.90 bits per heavy atom. The van der Waals surface area contributed by atoms with Crippen molar-refractivity contribution in [3.05, 3.63) is 33.1 Å². The van der Waals surface area contributed by atoms with Crippen molar-refractivity contribution in [3.8, 4) is 0 Å². The van der Waals surface area contributed by atoms with Gasteiger partial charge in [0.2, 0.25) is 0 Å². The number of nitro groups is 1. The minimum atomic E-state index is -0.698. The number of esters is 1. The minimum Gasteiger partial charge on any atom is -0.458 e. The number of aromatic nitrogens is 1. The summed E-state index contributed by atoms with van der Waals surface area (Å²) in [6.07, 6.45) is 5.70. The summed E-state index contributed by atoms with van der Waals surface area (Å²) >= 11 is 5.72. The van der Waals surface area contributed by atoms with Gasteiger partial charge in [-0.2, -0.15) is 0 Å². The van der Waals surface area contributed by atoms with Crippen LogP contribution in [0.2, 0.25) is 5.15 Å². The molecule has 7 heteroatoms. The Morgan fingerprint density at radius 1 is 1.52 bits per heavy atom. The third-order valence-corrected chi connectivity index (χ3v) is 4.09. The Labute approximate surface area is 127 Å².